The summed E-state index contributed by atoms with van der Waals surface area (Å²) in [7, 11) is 0. The van der Waals surface area contributed by atoms with Crippen molar-refractivity contribution in [1.29, 1.82) is 0 Å². The first kappa shape index (κ1) is 73.9. The average Bonchev–Trinajstić information content (AvgIpc) is 0.794. The van der Waals surface area contributed by atoms with Crippen LogP contribution in [0.25, 0.3) is 0 Å². The van der Waals surface area contributed by atoms with Crippen molar-refractivity contribution in [2.45, 2.75) is 179 Å². The van der Waals surface area contributed by atoms with Gasteiger partial charge in [-0.1, -0.05) is 111 Å². The Kier molecular flexibility index (Phi) is 24.3. The van der Waals surface area contributed by atoms with E-state index < -0.39 is 144 Å². The van der Waals surface area contributed by atoms with Crippen LogP contribution in [0.3, 0.4) is 0 Å². The molecule has 26 nitrogen and oxygen atoms in total. The second-order valence-electron chi connectivity index (χ2n) is 26.2. The minimum Gasteiger partial charge on any atom is -0.459 e. The van der Waals surface area contributed by atoms with E-state index in [1.165, 1.54) is 52.0 Å². The number of fused-ring (bicyclic) bond motifs is 5. The number of nitrogens with one attached hydrogen (secondary N) is 2. The summed E-state index contributed by atoms with van der Waals surface area (Å²) in [6.07, 6.45) is -4.51. The van der Waals surface area contributed by atoms with Crippen LogP contribution in [0, 0.1) is 16.7 Å². The van der Waals surface area contributed by atoms with E-state index in [0.717, 1.165) is 51.8 Å². The van der Waals surface area contributed by atoms with Crippen LogP contribution in [0.2, 0.25) is 0 Å². The van der Waals surface area contributed by atoms with Crippen LogP contribution in [-0.2, 0) is 95.8 Å². The Labute approximate surface area is 572 Å². The van der Waals surface area contributed by atoms with Crippen molar-refractivity contribution in [3.63, 3.8) is 0 Å². The van der Waals surface area contributed by atoms with E-state index in [1.54, 1.807) is 95.7 Å². The molecule has 3 aliphatic carbocycles. The quantitative estimate of drug-likeness (QED) is 0.0137. The molecule has 1 unspecified atom stereocenters. The molecule has 4 aliphatic rings. The SMILES string of the molecule is CC(=O)O[C@H]1C(=O)[C@@]2(C)[C@H]([C@H](OC(=O)c3ccccc3)[C@]3(O)C[C@H](OC(=O)[C@H](OC(=O)COCC(=O)OCc4ccc(NC(=O)CCC(=O)CCCc5cn(CCCCCCO)nn5)cc4)C(NC(=O)c4ccccc4)c4ccccc4)C(C)=C1C3(C)C)[C@]1(OC(C)=O)CO[C@@H]1C[C@@H]2O. The predicted molar refractivity (Wildman–Crippen MR) is 350 cm³/mol. The molecule has 26 heteroatoms. The summed E-state index contributed by atoms with van der Waals surface area (Å²) in [6, 6.07) is 28.3. The molecule has 1 saturated heterocycles. The number of nitrogens with zero attached hydrogens (tertiary/aromatic N) is 3. The highest BCUT2D eigenvalue weighted by Gasteiger charge is 2.78. The number of carbonyl (C=O) groups is 10. The molecule has 5 aromatic rings. The van der Waals surface area contributed by atoms with E-state index >= 15 is 9.59 Å². The molecule has 4 aromatic carbocycles. The molecule has 99 heavy (non-hydrogen) atoms. The van der Waals surface area contributed by atoms with E-state index in [4.69, 9.17) is 43.0 Å². The fraction of sp³-hybridized carbons (Fsp3) is 0.479. The van der Waals surface area contributed by atoms with Crippen LogP contribution in [0.1, 0.15) is 149 Å². The smallest absolute Gasteiger partial charge is 0.350 e. The lowest BCUT2D eigenvalue weighted by Crippen LogP contribution is -2.82. The molecule has 11 atom stereocenters. The van der Waals surface area contributed by atoms with Crippen LogP contribution < -0.4 is 10.6 Å². The monoisotopic (exact) mass is 1370 g/mol. The average molecular weight is 1370 g/mol. The third kappa shape index (κ3) is 17.0. The molecule has 9 rings (SSSR count). The van der Waals surface area contributed by atoms with E-state index in [-0.39, 0.29) is 78.4 Å². The highest BCUT2D eigenvalue weighted by molar-refractivity contribution is 5.97. The molecular weight excluding hydrogens is 1280 g/mol. The summed E-state index contributed by atoms with van der Waals surface area (Å²) in [4.78, 5) is 139. The van der Waals surface area contributed by atoms with Crippen molar-refractivity contribution in [2.24, 2.45) is 16.7 Å². The van der Waals surface area contributed by atoms with Gasteiger partial charge >= 0.3 is 35.8 Å². The third-order valence-electron chi connectivity index (χ3n) is 19.2. The molecule has 2 bridgehead atoms. The van der Waals surface area contributed by atoms with Gasteiger partial charge in [0.25, 0.3) is 5.91 Å². The summed E-state index contributed by atoms with van der Waals surface area (Å²) in [6.45, 7) is 6.54. The number of unbranched alkanes of at least 4 members (excludes halogenated alkanes) is 3. The number of carbonyl (C=O) groups excluding carboxylic acids is 10. The maximum absolute atomic E-state index is 15.9. The Morgan fingerprint density at radius 3 is 2.06 bits per heavy atom. The Hall–Kier alpha value is -9.34. The van der Waals surface area contributed by atoms with Crippen LogP contribution in [-0.4, -0.2) is 164 Å². The molecule has 3 fully saturated rings. The van der Waals surface area contributed by atoms with E-state index in [2.05, 4.69) is 20.9 Å². The Bertz CT molecular complexity index is 3770. The maximum Gasteiger partial charge on any atom is 0.350 e. The number of aryl methyl sites for hydroxylation is 2. The van der Waals surface area contributed by atoms with Gasteiger partial charge in [0.15, 0.2) is 17.5 Å². The summed E-state index contributed by atoms with van der Waals surface area (Å²) in [5, 5.41) is 49.2. The predicted octanol–water partition coefficient (Wildman–Crippen LogP) is 6.50. The van der Waals surface area contributed by atoms with Crippen molar-refractivity contribution in [3.8, 4) is 0 Å². The first-order valence-corrected chi connectivity index (χ1v) is 33.1. The number of anilines is 1. The van der Waals surface area contributed by atoms with Gasteiger partial charge in [0, 0.05) is 82.0 Å². The normalized spacial score (nSPS) is 24.1. The van der Waals surface area contributed by atoms with Crippen molar-refractivity contribution in [2.75, 3.05) is 31.7 Å². The largest absolute Gasteiger partial charge is 0.459 e. The van der Waals surface area contributed by atoms with Gasteiger partial charge < -0.3 is 63.8 Å². The number of Topliss-reactive ketones (excluding diaryl/α,β-unsaturated/α-hetero) is 2. The van der Waals surface area contributed by atoms with Gasteiger partial charge in [-0.3, -0.25) is 33.4 Å². The molecule has 2 saturated carbocycles. The lowest BCUT2D eigenvalue weighted by atomic mass is 9.44. The number of ketones is 2. The molecule has 0 radical (unpaired) electrons. The number of rotatable bonds is 31. The van der Waals surface area contributed by atoms with Crippen LogP contribution in [0.5, 0.6) is 0 Å². The Morgan fingerprint density at radius 1 is 0.758 bits per heavy atom. The van der Waals surface area contributed by atoms with Gasteiger partial charge in [0.2, 0.25) is 12.0 Å². The second kappa shape index (κ2) is 32.6. The van der Waals surface area contributed by atoms with Crippen molar-refractivity contribution >= 4 is 64.9 Å². The molecule has 2 heterocycles. The zero-order valence-electron chi connectivity index (χ0n) is 56.2. The molecule has 5 N–H and O–H groups in total. The zero-order chi connectivity index (χ0) is 71.2. The number of amides is 2. The maximum atomic E-state index is 15.9. The number of aromatic nitrogens is 3. The van der Waals surface area contributed by atoms with Crippen molar-refractivity contribution in [1.82, 2.24) is 20.3 Å². The number of ether oxygens (including phenoxy) is 8. The lowest BCUT2D eigenvalue weighted by Gasteiger charge is -2.67. The number of hydrogen-bond acceptors (Lipinski definition) is 23. The number of benzene rings is 4. The number of aliphatic hydroxyl groups is 3. The standard InChI is InChI=1S/C73H85N5O21/c1-44-54(38-73(91)66(98-68(89)50-25-16-11-17-26-50)64-71(6,55(83)37-56-72(64,43-94-56)99-46(3)81)65(87)62(95-45(2)80)60(44)70(73,4)5)96-69(90)63(61(48-21-12-9-13-22-48)75-67(88)49-23-14-10-15-24-49)97-59(86)42-92-41-58(85)93-40-47-29-31-51(32-30-47)74-57(84)34-33-53(82)28-20-27-52-39-78(77-76-52)35-18-7-8-19-36-79/h9-17,21-26,29-32,39,54-56,61-64,66,79,83,91H,7-8,18-20,27-28,33-38,40-43H2,1-6H3,(H,74,84)(H,75,88)/t54-,55-,56+,61?,62+,63+,64-,66-,71+,72-,73+/m0/s1. The molecule has 0 spiro atoms. The first-order valence-electron chi connectivity index (χ1n) is 33.1. The third-order valence-corrected chi connectivity index (χ3v) is 19.2. The van der Waals surface area contributed by atoms with Gasteiger partial charge in [0.05, 0.1) is 35.3 Å². The van der Waals surface area contributed by atoms with Gasteiger partial charge in [-0.25, -0.2) is 19.2 Å². The fourth-order valence-corrected chi connectivity index (χ4v) is 13.9. The van der Waals surface area contributed by atoms with Gasteiger partial charge in [-0.15, -0.1) is 5.10 Å². The van der Waals surface area contributed by atoms with Crippen LogP contribution in [0.15, 0.2) is 133 Å². The zero-order valence-corrected chi connectivity index (χ0v) is 56.2. The first-order chi connectivity index (χ1) is 47.3. The fourth-order valence-electron chi connectivity index (χ4n) is 13.9. The molecule has 528 valence electrons. The summed E-state index contributed by atoms with van der Waals surface area (Å²) >= 11 is 0. The minimum absolute atomic E-state index is 0.00203. The topological polar surface area (TPSA) is 360 Å². The second-order valence-corrected chi connectivity index (χ2v) is 26.2. The van der Waals surface area contributed by atoms with E-state index in [0.29, 0.717) is 24.1 Å². The summed E-state index contributed by atoms with van der Waals surface area (Å²) < 4.78 is 49.5. The number of esters is 6. The number of aliphatic hydroxyl groups excluding tert-OH is 2. The molecule has 1 aromatic heterocycles. The molecule has 1 aliphatic heterocycles. The van der Waals surface area contributed by atoms with Crippen LogP contribution >= 0.6 is 0 Å². The summed E-state index contributed by atoms with van der Waals surface area (Å²) in [5.41, 5.74) is -6.36. The Balaban J connectivity index is 0.907. The van der Waals surface area contributed by atoms with Gasteiger partial charge in [-0.05, 0) is 98.2 Å². The number of hydrogen-bond donors (Lipinski definition) is 5. The molecular formula is C73H85N5O21. The summed E-state index contributed by atoms with van der Waals surface area (Å²) in [5.74, 6) is -10.1. The molecule has 2 amide bonds. The van der Waals surface area contributed by atoms with Crippen LogP contribution in [0.4, 0.5) is 5.69 Å². The van der Waals surface area contributed by atoms with Gasteiger partial charge in [0.1, 0.15) is 55.6 Å². The highest BCUT2D eigenvalue weighted by Crippen LogP contribution is 2.64. The highest BCUT2D eigenvalue weighted by atomic mass is 16.6. The van der Waals surface area contributed by atoms with Crippen molar-refractivity contribution in [3.05, 3.63) is 161 Å². The van der Waals surface area contributed by atoms with E-state index in [1.807, 2.05) is 6.20 Å². The van der Waals surface area contributed by atoms with E-state index in [9.17, 15) is 48.6 Å². The lowest BCUT2D eigenvalue weighted by molar-refractivity contribution is -0.346. The Morgan fingerprint density at radius 2 is 1.41 bits per heavy atom. The minimum atomic E-state index is -2.55. The van der Waals surface area contributed by atoms with Crippen molar-refractivity contribution < 1.29 is 101 Å². The van der Waals surface area contributed by atoms with Gasteiger partial charge in [-0.2, -0.15) is 0 Å².